The Balaban J connectivity index is 2.08. The van der Waals surface area contributed by atoms with Crippen LogP contribution >= 0.6 is 0 Å². The Bertz CT molecular complexity index is 754. The van der Waals surface area contributed by atoms with Crippen molar-refractivity contribution in [1.82, 2.24) is 15.7 Å². The number of carboxylic acid groups (broad SMARTS) is 1. The molecule has 1 heterocycles. The van der Waals surface area contributed by atoms with Crippen molar-refractivity contribution in [1.29, 1.82) is 0 Å². The fourth-order valence-electron chi connectivity index (χ4n) is 3.79. The molecule has 1 aliphatic heterocycles. The number of carbonyl (C=O) groups excluding carboxylic acids is 3. The number of likely N-dealkylation sites (tertiary alicyclic amines) is 1. The van der Waals surface area contributed by atoms with Gasteiger partial charge in [-0.05, 0) is 24.8 Å². The molecule has 0 bridgehead atoms. The Morgan fingerprint density at radius 1 is 1.20 bits per heavy atom. The molecule has 0 spiro atoms. The minimum absolute atomic E-state index is 0.137. The number of amides is 3. The second kappa shape index (κ2) is 11.3. The second-order valence-electron chi connectivity index (χ2n) is 7.50. The third-order valence-electron chi connectivity index (χ3n) is 5.28. The third-order valence-corrected chi connectivity index (χ3v) is 5.28. The first-order valence-corrected chi connectivity index (χ1v) is 10.2. The lowest BCUT2D eigenvalue weighted by atomic mass is 9.97. The van der Waals surface area contributed by atoms with Crippen molar-refractivity contribution in [3.05, 3.63) is 35.9 Å². The molecule has 9 heteroatoms. The molecule has 3 amide bonds. The summed E-state index contributed by atoms with van der Waals surface area (Å²) in [4.78, 5) is 50.5. The van der Waals surface area contributed by atoms with E-state index in [4.69, 9.17) is 5.21 Å². The molecule has 0 aromatic heterocycles. The van der Waals surface area contributed by atoms with Crippen LogP contribution in [0.3, 0.4) is 0 Å². The summed E-state index contributed by atoms with van der Waals surface area (Å²) >= 11 is 0. The van der Waals surface area contributed by atoms with Crippen molar-refractivity contribution < 1.29 is 29.5 Å². The van der Waals surface area contributed by atoms with Gasteiger partial charge in [0.2, 0.25) is 17.7 Å². The van der Waals surface area contributed by atoms with Crippen molar-refractivity contribution in [2.24, 2.45) is 5.92 Å². The lowest BCUT2D eigenvalue weighted by Gasteiger charge is -2.29. The van der Waals surface area contributed by atoms with Gasteiger partial charge >= 0.3 is 5.97 Å². The minimum atomic E-state index is -1.15. The molecule has 0 saturated carbocycles. The number of carbonyl (C=O) groups is 4. The molecule has 3 unspecified atom stereocenters. The molecular weight excluding hydrogens is 390 g/mol. The van der Waals surface area contributed by atoms with E-state index in [0.717, 1.165) is 5.56 Å². The van der Waals surface area contributed by atoms with E-state index >= 15 is 0 Å². The summed E-state index contributed by atoms with van der Waals surface area (Å²) in [6.45, 7) is 2.25. The number of nitrogens with one attached hydrogen (secondary N) is 2. The Morgan fingerprint density at radius 3 is 2.50 bits per heavy atom. The first-order chi connectivity index (χ1) is 14.4. The molecular formula is C21H29N3O6. The van der Waals surface area contributed by atoms with Gasteiger partial charge in [-0.2, -0.15) is 0 Å². The quantitative estimate of drug-likeness (QED) is 0.331. The second-order valence-corrected chi connectivity index (χ2v) is 7.50. The maximum atomic E-state index is 13.0. The van der Waals surface area contributed by atoms with E-state index in [-0.39, 0.29) is 18.7 Å². The smallest absolute Gasteiger partial charge is 0.326 e. The van der Waals surface area contributed by atoms with E-state index in [9.17, 15) is 24.3 Å². The lowest BCUT2D eigenvalue weighted by Crippen LogP contribution is -2.52. The number of nitrogens with zero attached hydrogens (tertiary/aromatic N) is 1. The Hall–Kier alpha value is -2.94. The van der Waals surface area contributed by atoms with Crippen LogP contribution in [0.25, 0.3) is 0 Å². The molecule has 4 N–H and O–H groups in total. The van der Waals surface area contributed by atoms with Gasteiger partial charge in [-0.15, -0.1) is 0 Å². The van der Waals surface area contributed by atoms with E-state index in [0.29, 0.717) is 32.2 Å². The number of benzene rings is 1. The number of hydroxylamine groups is 1. The van der Waals surface area contributed by atoms with Gasteiger partial charge in [-0.25, -0.2) is 10.3 Å². The highest BCUT2D eigenvalue weighted by Gasteiger charge is 2.38. The highest BCUT2D eigenvalue weighted by atomic mass is 16.5. The number of hydrogen-bond donors (Lipinski definition) is 4. The van der Waals surface area contributed by atoms with E-state index in [1.165, 1.54) is 4.90 Å². The highest BCUT2D eigenvalue weighted by molar-refractivity contribution is 5.92. The van der Waals surface area contributed by atoms with Gasteiger partial charge in [0.05, 0.1) is 0 Å². The van der Waals surface area contributed by atoms with Gasteiger partial charge in [-0.1, -0.05) is 43.7 Å². The van der Waals surface area contributed by atoms with Crippen LogP contribution < -0.4 is 10.8 Å². The zero-order valence-electron chi connectivity index (χ0n) is 17.0. The lowest BCUT2D eigenvalue weighted by molar-refractivity contribution is -0.146. The summed E-state index contributed by atoms with van der Waals surface area (Å²) < 4.78 is 0. The summed E-state index contributed by atoms with van der Waals surface area (Å²) in [6, 6.07) is 7.11. The fraction of sp³-hybridized carbons (Fsp3) is 0.524. The first kappa shape index (κ1) is 23.3. The molecule has 9 nitrogen and oxygen atoms in total. The average molecular weight is 419 g/mol. The predicted molar refractivity (Wildman–Crippen MR) is 107 cm³/mol. The molecule has 1 aromatic carbocycles. The maximum absolute atomic E-state index is 13.0. The number of hydrogen-bond acceptors (Lipinski definition) is 5. The normalized spacial score (nSPS) is 17.8. The summed E-state index contributed by atoms with van der Waals surface area (Å²) in [6.07, 6.45) is 2.13. The summed E-state index contributed by atoms with van der Waals surface area (Å²) in [7, 11) is 0. The zero-order chi connectivity index (χ0) is 22.1. The molecule has 0 radical (unpaired) electrons. The monoisotopic (exact) mass is 419 g/mol. The van der Waals surface area contributed by atoms with Crippen LogP contribution in [0, 0.1) is 5.92 Å². The van der Waals surface area contributed by atoms with E-state index in [1.54, 1.807) is 29.7 Å². The topological polar surface area (TPSA) is 136 Å². The molecule has 3 atom stereocenters. The van der Waals surface area contributed by atoms with Crippen LogP contribution in [0.2, 0.25) is 0 Å². The number of carboxylic acids is 1. The van der Waals surface area contributed by atoms with Gasteiger partial charge in [0, 0.05) is 25.3 Å². The molecule has 164 valence electrons. The standard InChI is InChI=1S/C21H29N3O6/c1-2-7-15(13-18(25)23-30)20(27)24-11-6-10-17(24)19(26)22-16(21(28)29)12-14-8-4-3-5-9-14/h3-5,8-9,15-17,30H,2,6-7,10-13H2,1H3,(H,22,26)(H,23,25)(H,28,29). The molecule has 2 rings (SSSR count). The van der Waals surface area contributed by atoms with Crippen LogP contribution in [0.4, 0.5) is 0 Å². The summed E-state index contributed by atoms with van der Waals surface area (Å²) in [5.41, 5.74) is 2.32. The van der Waals surface area contributed by atoms with Crippen LogP contribution in [-0.2, 0) is 25.6 Å². The maximum Gasteiger partial charge on any atom is 0.326 e. The summed E-state index contributed by atoms with van der Waals surface area (Å²) in [5.74, 6) is -3.28. The molecule has 30 heavy (non-hydrogen) atoms. The van der Waals surface area contributed by atoms with Crippen molar-refractivity contribution >= 4 is 23.7 Å². The Kier molecular flexibility index (Phi) is 8.79. The van der Waals surface area contributed by atoms with Crippen LogP contribution in [0.1, 0.15) is 44.6 Å². The van der Waals surface area contributed by atoms with Crippen molar-refractivity contribution in [2.75, 3.05) is 6.54 Å². The average Bonchev–Trinajstić information content (AvgIpc) is 3.23. The number of aliphatic carboxylic acids is 1. The number of rotatable bonds is 10. The summed E-state index contributed by atoms with van der Waals surface area (Å²) in [5, 5.41) is 20.9. The Labute approximate surface area is 175 Å². The zero-order valence-corrected chi connectivity index (χ0v) is 17.0. The minimum Gasteiger partial charge on any atom is -0.480 e. The van der Waals surface area contributed by atoms with E-state index in [1.807, 2.05) is 13.0 Å². The van der Waals surface area contributed by atoms with Crippen LogP contribution in [0.15, 0.2) is 30.3 Å². The Morgan fingerprint density at radius 2 is 1.90 bits per heavy atom. The van der Waals surface area contributed by atoms with Gasteiger partial charge < -0.3 is 15.3 Å². The van der Waals surface area contributed by atoms with Gasteiger partial charge in [0.25, 0.3) is 0 Å². The van der Waals surface area contributed by atoms with Gasteiger partial charge in [0.15, 0.2) is 0 Å². The van der Waals surface area contributed by atoms with E-state index < -0.39 is 35.8 Å². The third kappa shape index (κ3) is 6.28. The molecule has 1 aromatic rings. The van der Waals surface area contributed by atoms with Crippen molar-refractivity contribution in [3.8, 4) is 0 Å². The molecule has 1 aliphatic rings. The highest BCUT2D eigenvalue weighted by Crippen LogP contribution is 2.24. The van der Waals surface area contributed by atoms with Crippen molar-refractivity contribution in [2.45, 2.75) is 57.5 Å². The first-order valence-electron chi connectivity index (χ1n) is 10.2. The van der Waals surface area contributed by atoms with Crippen LogP contribution in [0.5, 0.6) is 0 Å². The van der Waals surface area contributed by atoms with E-state index in [2.05, 4.69) is 5.32 Å². The predicted octanol–water partition coefficient (Wildman–Crippen LogP) is 1.10. The molecule has 1 saturated heterocycles. The molecule has 0 aliphatic carbocycles. The van der Waals surface area contributed by atoms with Crippen LogP contribution in [-0.4, -0.2) is 57.5 Å². The van der Waals surface area contributed by atoms with Crippen molar-refractivity contribution in [3.63, 3.8) is 0 Å². The molecule has 1 fully saturated rings. The van der Waals surface area contributed by atoms with Gasteiger partial charge in [0.1, 0.15) is 12.1 Å². The largest absolute Gasteiger partial charge is 0.480 e. The fourth-order valence-corrected chi connectivity index (χ4v) is 3.79. The van der Waals surface area contributed by atoms with Gasteiger partial charge in [-0.3, -0.25) is 19.6 Å². The SMILES string of the molecule is CCCC(CC(=O)NO)C(=O)N1CCCC1C(=O)NC(Cc1ccccc1)C(=O)O.